The van der Waals surface area contributed by atoms with Crippen molar-refractivity contribution in [1.82, 2.24) is 24.2 Å². The molecule has 8 rings (SSSR count). The van der Waals surface area contributed by atoms with Gasteiger partial charge >= 0.3 is 6.01 Å². The standard InChI is InChI=1S/C42H58N6O5S/c1-32-28-36(51-3)29-33(2)38(32)54(49,50)48(35-9-10-35)41(12-7-13-41)31-52-39-44-21-11-37(45-39)47-24-18-40(19-25-47)14-16-42(17-15-40,34-8-6-20-43-30-34)53-27-26-46-22-4-5-23-46/h6,8,11,20-21,28-30,35H,4-5,7,9-10,12-19,22-27,31H2,1-3H3. The molecule has 0 unspecified atom stereocenters. The highest BCUT2D eigenvalue weighted by atomic mass is 32.2. The van der Waals surface area contributed by atoms with Crippen molar-refractivity contribution in [1.29, 1.82) is 0 Å². The number of ether oxygens (including phenoxy) is 3. The zero-order valence-electron chi connectivity index (χ0n) is 32.5. The smallest absolute Gasteiger partial charge is 0.318 e. The number of piperidine rings is 1. The highest BCUT2D eigenvalue weighted by molar-refractivity contribution is 7.89. The van der Waals surface area contributed by atoms with Gasteiger partial charge in [-0.25, -0.2) is 13.4 Å². The number of sulfonamides is 1. The van der Waals surface area contributed by atoms with Crippen LogP contribution in [0.4, 0.5) is 5.82 Å². The lowest BCUT2D eigenvalue weighted by molar-refractivity contribution is -0.105. The van der Waals surface area contributed by atoms with Crippen LogP contribution >= 0.6 is 0 Å². The second kappa shape index (κ2) is 15.3. The third kappa shape index (κ3) is 7.47. The number of anilines is 1. The average Bonchev–Trinajstić information content (AvgIpc) is 3.85. The zero-order valence-corrected chi connectivity index (χ0v) is 33.3. The van der Waals surface area contributed by atoms with E-state index < -0.39 is 15.6 Å². The molecular weight excluding hydrogens is 701 g/mol. The molecule has 0 N–H and O–H groups in total. The van der Waals surface area contributed by atoms with Crippen LogP contribution in [-0.4, -0.2) is 97.2 Å². The number of hydrogen-bond donors (Lipinski definition) is 0. The summed E-state index contributed by atoms with van der Waals surface area (Å²) in [4.78, 5) is 19.1. The minimum atomic E-state index is -3.78. The Labute approximate surface area is 321 Å². The van der Waals surface area contributed by atoms with E-state index in [4.69, 9.17) is 19.2 Å². The number of aromatic nitrogens is 3. The van der Waals surface area contributed by atoms with E-state index in [1.165, 1.54) is 31.5 Å². The Morgan fingerprint density at radius 3 is 2.22 bits per heavy atom. The second-order valence-electron chi connectivity index (χ2n) is 16.8. The van der Waals surface area contributed by atoms with Crippen molar-refractivity contribution in [2.45, 2.75) is 119 Å². The third-order valence-electron chi connectivity index (χ3n) is 13.3. The maximum absolute atomic E-state index is 14.5. The van der Waals surface area contributed by atoms with E-state index in [1.807, 2.05) is 50.5 Å². The molecule has 5 aliphatic rings. The lowest BCUT2D eigenvalue weighted by atomic mass is 9.63. The first-order chi connectivity index (χ1) is 26.1. The molecule has 3 aliphatic carbocycles. The SMILES string of the molecule is COc1cc(C)c(S(=O)(=O)N(C2CC2)C2(COc3nccc(N4CCC5(CC4)CCC(OCCN4CCCC4)(c4cccnc4)CC5)n3)CCC2)c(C)c1. The monoisotopic (exact) mass is 758 g/mol. The Morgan fingerprint density at radius 2 is 1.61 bits per heavy atom. The van der Waals surface area contributed by atoms with Gasteiger partial charge in [-0.3, -0.25) is 4.98 Å². The van der Waals surface area contributed by atoms with Crippen LogP contribution in [0, 0.1) is 19.3 Å². The van der Waals surface area contributed by atoms with Gasteiger partial charge in [-0.15, -0.1) is 0 Å². The van der Waals surface area contributed by atoms with Crippen molar-refractivity contribution in [3.63, 3.8) is 0 Å². The minimum absolute atomic E-state index is 0.0106. The van der Waals surface area contributed by atoms with Gasteiger partial charge in [0.1, 0.15) is 18.2 Å². The normalized spacial score (nSPS) is 22.3. The van der Waals surface area contributed by atoms with E-state index in [0.29, 0.717) is 33.2 Å². The van der Waals surface area contributed by atoms with E-state index in [1.54, 1.807) is 17.6 Å². The van der Waals surface area contributed by atoms with E-state index in [2.05, 4.69) is 25.8 Å². The first-order valence-corrected chi connectivity index (χ1v) is 21.8. The highest BCUT2D eigenvalue weighted by Gasteiger charge is 2.55. The summed E-state index contributed by atoms with van der Waals surface area (Å²) in [7, 11) is -2.17. The molecule has 0 radical (unpaired) electrons. The fourth-order valence-electron chi connectivity index (χ4n) is 9.89. The zero-order chi connectivity index (χ0) is 37.4. The van der Waals surface area contributed by atoms with Gasteiger partial charge < -0.3 is 24.0 Å². The Hall–Kier alpha value is -3.32. The Kier molecular flexibility index (Phi) is 10.7. The van der Waals surface area contributed by atoms with E-state index in [9.17, 15) is 8.42 Å². The van der Waals surface area contributed by atoms with Crippen LogP contribution < -0.4 is 14.4 Å². The predicted octanol–water partition coefficient (Wildman–Crippen LogP) is 6.82. The van der Waals surface area contributed by atoms with Crippen LogP contribution in [0.15, 0.2) is 53.8 Å². The van der Waals surface area contributed by atoms with Crippen LogP contribution in [-0.2, 0) is 20.4 Å². The van der Waals surface area contributed by atoms with Crippen LogP contribution in [0.1, 0.15) is 100 Å². The fraction of sp³-hybridized carbons (Fsp3) is 0.643. The van der Waals surface area contributed by atoms with Crippen molar-refractivity contribution >= 4 is 15.8 Å². The molecule has 1 aromatic carbocycles. The Balaban J connectivity index is 0.907. The van der Waals surface area contributed by atoms with E-state index >= 15 is 0 Å². The van der Waals surface area contributed by atoms with Crippen LogP contribution in [0.2, 0.25) is 0 Å². The summed E-state index contributed by atoms with van der Waals surface area (Å²) in [5.41, 5.74) is 2.07. The quantitative estimate of drug-likeness (QED) is 0.174. The van der Waals surface area contributed by atoms with Crippen molar-refractivity contribution in [3.05, 3.63) is 65.6 Å². The molecule has 0 bridgehead atoms. The summed E-state index contributed by atoms with van der Waals surface area (Å²) >= 11 is 0. The molecule has 54 heavy (non-hydrogen) atoms. The highest BCUT2D eigenvalue weighted by Crippen LogP contribution is 2.53. The fourth-order valence-corrected chi connectivity index (χ4v) is 12.4. The van der Waals surface area contributed by atoms with Crippen molar-refractivity contribution < 1.29 is 22.6 Å². The first-order valence-electron chi connectivity index (χ1n) is 20.3. The Morgan fingerprint density at radius 1 is 0.889 bits per heavy atom. The molecule has 5 fully saturated rings. The van der Waals surface area contributed by atoms with Gasteiger partial charge in [0.2, 0.25) is 10.0 Å². The summed E-state index contributed by atoms with van der Waals surface area (Å²) in [5, 5.41) is 0. The molecular formula is C42H58N6O5S. The molecule has 3 aromatic rings. The number of hydrogen-bond acceptors (Lipinski definition) is 10. The summed E-state index contributed by atoms with van der Waals surface area (Å²) in [6, 6.07) is 10.2. The maximum Gasteiger partial charge on any atom is 0.318 e. The van der Waals surface area contributed by atoms with Crippen LogP contribution in [0.5, 0.6) is 11.8 Å². The molecule has 0 atom stereocenters. The molecule has 11 nitrogen and oxygen atoms in total. The van der Waals surface area contributed by atoms with Crippen molar-refractivity contribution in [3.8, 4) is 11.8 Å². The predicted molar refractivity (Wildman–Crippen MR) is 209 cm³/mol. The molecule has 4 heterocycles. The summed E-state index contributed by atoms with van der Waals surface area (Å²) in [6.07, 6.45) is 19.1. The number of likely N-dealkylation sites (tertiary alicyclic amines) is 1. The van der Waals surface area contributed by atoms with Crippen molar-refractivity contribution in [2.24, 2.45) is 5.41 Å². The number of benzene rings is 1. The molecule has 3 saturated carbocycles. The van der Waals surface area contributed by atoms with Crippen molar-refractivity contribution in [2.75, 3.05) is 57.9 Å². The largest absolute Gasteiger partial charge is 0.497 e. The summed E-state index contributed by atoms with van der Waals surface area (Å²) < 4.78 is 49.4. The summed E-state index contributed by atoms with van der Waals surface area (Å²) in [6.45, 7) is 9.98. The van der Waals surface area contributed by atoms with Gasteiger partial charge in [-0.1, -0.05) is 6.07 Å². The third-order valence-corrected chi connectivity index (χ3v) is 15.7. The maximum atomic E-state index is 14.5. The average molecular weight is 759 g/mol. The molecule has 2 aromatic heterocycles. The van der Waals surface area contributed by atoms with E-state index in [-0.39, 0.29) is 18.2 Å². The number of pyridine rings is 1. The lowest BCUT2D eigenvalue weighted by Gasteiger charge is -2.50. The molecule has 0 amide bonds. The first kappa shape index (κ1) is 37.6. The van der Waals surface area contributed by atoms with Gasteiger partial charge in [0.05, 0.1) is 29.8 Å². The lowest BCUT2D eigenvalue weighted by Crippen LogP contribution is -2.60. The minimum Gasteiger partial charge on any atom is -0.497 e. The van der Waals surface area contributed by atoms with E-state index in [0.717, 1.165) is 103 Å². The number of nitrogens with zero attached hydrogens (tertiary/aromatic N) is 6. The van der Waals surface area contributed by atoms with Gasteiger partial charge in [0.15, 0.2) is 0 Å². The summed E-state index contributed by atoms with van der Waals surface area (Å²) in [5.74, 6) is 1.54. The van der Waals surface area contributed by atoms with Gasteiger partial charge in [-0.05, 0) is 151 Å². The van der Waals surface area contributed by atoms with Crippen LogP contribution in [0.3, 0.4) is 0 Å². The number of rotatable bonds is 14. The number of methoxy groups -OCH3 is 1. The molecule has 1 spiro atoms. The van der Waals surface area contributed by atoms with Gasteiger partial charge in [-0.2, -0.15) is 9.29 Å². The van der Waals surface area contributed by atoms with Gasteiger partial charge in [0, 0.05) is 49.8 Å². The van der Waals surface area contributed by atoms with Crippen LogP contribution in [0.25, 0.3) is 0 Å². The van der Waals surface area contributed by atoms with Gasteiger partial charge in [0.25, 0.3) is 0 Å². The molecule has 2 aliphatic heterocycles. The molecule has 2 saturated heterocycles. The number of aryl methyl sites for hydroxylation is 2. The molecule has 292 valence electrons. The second-order valence-corrected chi connectivity index (χ2v) is 18.6. The Bertz CT molecular complexity index is 1840. The molecule has 12 heteroatoms. The topological polar surface area (TPSA) is 110 Å².